The van der Waals surface area contributed by atoms with Crippen LogP contribution >= 0.6 is 11.3 Å². The lowest BCUT2D eigenvalue weighted by atomic mass is 10.1. The molecule has 2 heterocycles. The maximum Gasteiger partial charge on any atom is 0.226 e. The third kappa shape index (κ3) is 3.41. The Labute approximate surface area is 127 Å². The summed E-state index contributed by atoms with van der Waals surface area (Å²) < 4.78 is 2.08. The van der Waals surface area contributed by atoms with Crippen LogP contribution in [0.3, 0.4) is 0 Å². The van der Waals surface area contributed by atoms with Crippen molar-refractivity contribution in [3.05, 3.63) is 77.2 Å². The van der Waals surface area contributed by atoms with Gasteiger partial charge in [-0.25, -0.2) is 0 Å². The van der Waals surface area contributed by atoms with Gasteiger partial charge < -0.3 is 9.88 Å². The van der Waals surface area contributed by atoms with Crippen molar-refractivity contribution in [2.75, 3.05) is 5.32 Å². The molecule has 0 aliphatic heterocycles. The highest BCUT2D eigenvalue weighted by atomic mass is 32.1. The summed E-state index contributed by atoms with van der Waals surface area (Å²) in [6.07, 6.45) is 4.42. The van der Waals surface area contributed by atoms with E-state index in [0.717, 1.165) is 5.69 Å². The van der Waals surface area contributed by atoms with E-state index in [-0.39, 0.29) is 11.9 Å². The van der Waals surface area contributed by atoms with Gasteiger partial charge in [0, 0.05) is 23.0 Å². The summed E-state index contributed by atoms with van der Waals surface area (Å²) in [6.45, 7) is 0. The second kappa shape index (κ2) is 6.41. The van der Waals surface area contributed by atoms with Gasteiger partial charge >= 0.3 is 0 Å². The predicted molar refractivity (Wildman–Crippen MR) is 86.6 cm³/mol. The fourth-order valence-electron chi connectivity index (χ4n) is 2.30. The number of carbonyl (C=O) groups excluding carboxylic acids is 1. The highest BCUT2D eigenvalue weighted by molar-refractivity contribution is 7.10. The molecule has 1 atom stereocenters. The zero-order valence-electron chi connectivity index (χ0n) is 11.5. The number of para-hydroxylation sites is 1. The molecule has 1 amide bonds. The molecule has 4 heteroatoms. The van der Waals surface area contributed by atoms with Gasteiger partial charge in [-0.2, -0.15) is 0 Å². The molecule has 2 aromatic heterocycles. The molecule has 21 heavy (non-hydrogen) atoms. The number of anilines is 1. The van der Waals surface area contributed by atoms with Gasteiger partial charge in [0.15, 0.2) is 0 Å². The molecule has 3 rings (SSSR count). The zero-order valence-corrected chi connectivity index (χ0v) is 12.3. The van der Waals surface area contributed by atoms with Crippen LogP contribution in [0.4, 0.5) is 5.69 Å². The van der Waals surface area contributed by atoms with Crippen LogP contribution in [-0.4, -0.2) is 10.5 Å². The van der Waals surface area contributed by atoms with Crippen LogP contribution in [0.15, 0.2) is 72.4 Å². The zero-order chi connectivity index (χ0) is 14.5. The van der Waals surface area contributed by atoms with Gasteiger partial charge in [0.25, 0.3) is 0 Å². The summed E-state index contributed by atoms with van der Waals surface area (Å²) in [7, 11) is 0. The summed E-state index contributed by atoms with van der Waals surface area (Å²) in [5.74, 6) is 0.0216. The molecule has 0 bridgehead atoms. The Bertz CT molecular complexity index is 641. The molecule has 3 nitrogen and oxygen atoms in total. The summed E-state index contributed by atoms with van der Waals surface area (Å²) in [5.41, 5.74) is 0.833. The molecule has 1 unspecified atom stereocenters. The molecule has 1 aromatic carbocycles. The lowest BCUT2D eigenvalue weighted by Gasteiger charge is -2.17. The van der Waals surface area contributed by atoms with Crippen molar-refractivity contribution < 1.29 is 4.79 Å². The normalized spacial score (nSPS) is 12.0. The molecular formula is C17H16N2OS. The second-order valence-electron chi connectivity index (χ2n) is 4.78. The van der Waals surface area contributed by atoms with E-state index in [1.807, 2.05) is 66.3 Å². The van der Waals surface area contributed by atoms with Crippen LogP contribution in [0.1, 0.15) is 17.3 Å². The maximum atomic E-state index is 12.3. The first-order chi connectivity index (χ1) is 10.3. The standard InChI is InChI=1S/C17H16N2OS/c20-17(18-14-7-2-1-3-8-14)13-15(16-9-6-12-21-16)19-10-4-5-11-19/h1-12,15H,13H2,(H,18,20). The Hall–Kier alpha value is -2.33. The van der Waals surface area contributed by atoms with Crippen LogP contribution in [0, 0.1) is 0 Å². The van der Waals surface area contributed by atoms with Crippen LogP contribution in [-0.2, 0) is 4.79 Å². The average Bonchev–Trinajstić information content (AvgIpc) is 3.19. The minimum Gasteiger partial charge on any atom is -0.346 e. The lowest BCUT2D eigenvalue weighted by Crippen LogP contribution is -2.18. The first-order valence-electron chi connectivity index (χ1n) is 6.84. The number of hydrogen-bond acceptors (Lipinski definition) is 2. The highest BCUT2D eigenvalue weighted by Gasteiger charge is 2.18. The van der Waals surface area contributed by atoms with Crippen LogP contribution in [0.2, 0.25) is 0 Å². The highest BCUT2D eigenvalue weighted by Crippen LogP contribution is 2.26. The van der Waals surface area contributed by atoms with Gasteiger partial charge in [0.1, 0.15) is 0 Å². The molecule has 1 N–H and O–H groups in total. The molecule has 106 valence electrons. The van der Waals surface area contributed by atoms with Crippen LogP contribution in [0.5, 0.6) is 0 Å². The molecule has 0 aliphatic carbocycles. The second-order valence-corrected chi connectivity index (χ2v) is 5.76. The summed E-state index contributed by atoms with van der Waals surface area (Å²) >= 11 is 1.68. The van der Waals surface area contributed by atoms with Crippen molar-refractivity contribution in [3.8, 4) is 0 Å². The van der Waals surface area contributed by atoms with E-state index in [2.05, 4.69) is 16.0 Å². The van der Waals surface area contributed by atoms with Crippen molar-refractivity contribution in [2.45, 2.75) is 12.5 Å². The SMILES string of the molecule is O=C(CC(c1cccs1)n1cccc1)Nc1ccccc1. The Balaban J connectivity index is 1.75. The number of benzene rings is 1. The summed E-state index contributed by atoms with van der Waals surface area (Å²) in [6, 6.07) is 17.7. The largest absolute Gasteiger partial charge is 0.346 e. The number of thiophene rings is 1. The molecule has 0 saturated carbocycles. The predicted octanol–water partition coefficient (Wildman–Crippen LogP) is 4.17. The van der Waals surface area contributed by atoms with Crippen LogP contribution in [0.25, 0.3) is 0 Å². The number of carbonyl (C=O) groups is 1. The molecular weight excluding hydrogens is 280 g/mol. The average molecular weight is 296 g/mol. The molecule has 0 fully saturated rings. The van der Waals surface area contributed by atoms with Crippen molar-refractivity contribution in [2.24, 2.45) is 0 Å². The van der Waals surface area contributed by atoms with Crippen molar-refractivity contribution in [1.82, 2.24) is 4.57 Å². The number of nitrogens with one attached hydrogen (secondary N) is 1. The monoisotopic (exact) mass is 296 g/mol. The van der Waals surface area contributed by atoms with Crippen LogP contribution < -0.4 is 5.32 Å². The summed E-state index contributed by atoms with van der Waals surface area (Å²) in [5, 5.41) is 4.99. The summed E-state index contributed by atoms with van der Waals surface area (Å²) in [4.78, 5) is 13.5. The molecule has 0 saturated heterocycles. The first kappa shape index (κ1) is 13.6. The van der Waals surface area contributed by atoms with E-state index >= 15 is 0 Å². The molecule has 3 aromatic rings. The molecule has 0 spiro atoms. The Morgan fingerprint density at radius 3 is 2.48 bits per heavy atom. The minimum atomic E-state index is 0.0216. The van der Waals surface area contributed by atoms with E-state index in [9.17, 15) is 4.79 Å². The van der Waals surface area contributed by atoms with Crippen molar-refractivity contribution >= 4 is 22.9 Å². The number of rotatable bonds is 5. The van der Waals surface area contributed by atoms with Gasteiger partial charge in [0.2, 0.25) is 5.91 Å². The Morgan fingerprint density at radius 1 is 1.05 bits per heavy atom. The third-order valence-corrected chi connectivity index (χ3v) is 4.27. The lowest BCUT2D eigenvalue weighted by molar-refractivity contribution is -0.116. The Kier molecular flexibility index (Phi) is 4.17. The van der Waals surface area contributed by atoms with Gasteiger partial charge in [-0.3, -0.25) is 4.79 Å². The van der Waals surface area contributed by atoms with Crippen molar-refractivity contribution in [3.63, 3.8) is 0 Å². The first-order valence-corrected chi connectivity index (χ1v) is 7.71. The minimum absolute atomic E-state index is 0.0216. The fraction of sp³-hybridized carbons (Fsp3) is 0.118. The third-order valence-electron chi connectivity index (χ3n) is 3.30. The maximum absolute atomic E-state index is 12.3. The van der Waals surface area contributed by atoms with Gasteiger partial charge in [-0.15, -0.1) is 11.3 Å². The Morgan fingerprint density at radius 2 is 1.81 bits per heavy atom. The van der Waals surface area contributed by atoms with E-state index in [4.69, 9.17) is 0 Å². The van der Waals surface area contributed by atoms with E-state index < -0.39 is 0 Å². The number of hydrogen-bond donors (Lipinski definition) is 1. The fourth-order valence-corrected chi connectivity index (χ4v) is 3.13. The van der Waals surface area contributed by atoms with E-state index in [1.165, 1.54) is 4.88 Å². The molecule has 0 radical (unpaired) electrons. The van der Waals surface area contributed by atoms with Gasteiger partial charge in [0.05, 0.1) is 12.5 Å². The molecule has 0 aliphatic rings. The smallest absolute Gasteiger partial charge is 0.226 e. The topological polar surface area (TPSA) is 34.0 Å². The van der Waals surface area contributed by atoms with E-state index in [1.54, 1.807) is 11.3 Å². The van der Waals surface area contributed by atoms with Crippen molar-refractivity contribution in [1.29, 1.82) is 0 Å². The number of aromatic nitrogens is 1. The number of nitrogens with zero attached hydrogens (tertiary/aromatic N) is 1. The van der Waals surface area contributed by atoms with E-state index in [0.29, 0.717) is 6.42 Å². The van der Waals surface area contributed by atoms with Gasteiger partial charge in [-0.05, 0) is 35.7 Å². The number of amides is 1. The van der Waals surface area contributed by atoms with Gasteiger partial charge in [-0.1, -0.05) is 24.3 Å². The quantitative estimate of drug-likeness (QED) is 0.753.